The van der Waals surface area contributed by atoms with Crippen molar-refractivity contribution in [1.82, 2.24) is 9.55 Å². The fourth-order valence-electron chi connectivity index (χ4n) is 3.22. The van der Waals surface area contributed by atoms with Crippen LogP contribution < -0.4 is 16.0 Å². The normalized spacial score (nSPS) is 14.1. The number of benzene rings is 2. The van der Waals surface area contributed by atoms with E-state index in [0.717, 1.165) is 21.5 Å². The van der Waals surface area contributed by atoms with Crippen molar-refractivity contribution in [2.75, 3.05) is 7.11 Å². The number of ether oxygens (including phenoxy) is 1. The van der Waals surface area contributed by atoms with E-state index in [4.69, 9.17) is 4.74 Å². The van der Waals surface area contributed by atoms with Crippen LogP contribution in [0.3, 0.4) is 0 Å². The fourth-order valence-corrected chi connectivity index (χ4v) is 3.22. The van der Waals surface area contributed by atoms with Gasteiger partial charge in [0.25, 0.3) is 5.56 Å². The number of aromatic amines is 1. The minimum absolute atomic E-state index is 0.0244. The minimum Gasteiger partial charge on any atom is -0.497 e. The molecule has 4 rings (SSSR count). The number of rotatable bonds is 3. The molecular formula is C21H17N3O4. The van der Waals surface area contributed by atoms with Crippen molar-refractivity contribution >= 4 is 23.0 Å². The molecule has 1 aromatic heterocycles. The van der Waals surface area contributed by atoms with Gasteiger partial charge in [-0.3, -0.25) is 14.8 Å². The van der Waals surface area contributed by atoms with Gasteiger partial charge in [0.1, 0.15) is 11.3 Å². The molecule has 2 N–H and O–H groups in total. The van der Waals surface area contributed by atoms with Crippen molar-refractivity contribution in [2.45, 2.75) is 6.92 Å². The van der Waals surface area contributed by atoms with E-state index in [0.29, 0.717) is 17.0 Å². The topological polar surface area (TPSA) is 96.7 Å². The van der Waals surface area contributed by atoms with Crippen molar-refractivity contribution in [3.05, 3.63) is 80.5 Å². The maximum Gasteiger partial charge on any atom is 0.335 e. The average molecular weight is 375 g/mol. The SMILES string of the molecule is COc1cccc(-n2c(O)c(/C=C3/C(C)=Nc4ccccc43)c(=O)[nH]c2=O)c1. The van der Waals surface area contributed by atoms with Gasteiger partial charge in [0.2, 0.25) is 5.88 Å². The van der Waals surface area contributed by atoms with Crippen molar-refractivity contribution in [3.63, 3.8) is 0 Å². The van der Waals surface area contributed by atoms with Gasteiger partial charge in [0, 0.05) is 22.9 Å². The van der Waals surface area contributed by atoms with Crippen LogP contribution >= 0.6 is 0 Å². The monoisotopic (exact) mass is 375 g/mol. The van der Waals surface area contributed by atoms with Crippen LogP contribution in [0.5, 0.6) is 11.6 Å². The summed E-state index contributed by atoms with van der Waals surface area (Å²) in [4.78, 5) is 31.6. The summed E-state index contributed by atoms with van der Waals surface area (Å²) < 4.78 is 6.21. The molecule has 0 aliphatic carbocycles. The second-order valence-electron chi connectivity index (χ2n) is 6.31. The molecule has 0 spiro atoms. The van der Waals surface area contributed by atoms with Crippen LogP contribution in [0, 0.1) is 0 Å². The zero-order valence-electron chi connectivity index (χ0n) is 15.3. The highest BCUT2D eigenvalue weighted by Crippen LogP contribution is 2.36. The Labute approximate surface area is 159 Å². The summed E-state index contributed by atoms with van der Waals surface area (Å²) in [7, 11) is 1.50. The van der Waals surface area contributed by atoms with Crippen LogP contribution in [0.25, 0.3) is 17.3 Å². The number of H-pyrrole nitrogens is 1. The van der Waals surface area contributed by atoms with E-state index in [1.54, 1.807) is 30.3 Å². The second kappa shape index (κ2) is 6.70. The Hall–Kier alpha value is -3.87. The summed E-state index contributed by atoms with van der Waals surface area (Å²) >= 11 is 0. The largest absolute Gasteiger partial charge is 0.497 e. The van der Waals surface area contributed by atoms with Gasteiger partial charge in [-0.25, -0.2) is 9.36 Å². The maximum atomic E-state index is 12.4. The van der Waals surface area contributed by atoms with Gasteiger partial charge in [-0.2, -0.15) is 0 Å². The lowest BCUT2D eigenvalue weighted by Gasteiger charge is -2.11. The highest BCUT2D eigenvalue weighted by atomic mass is 16.5. The van der Waals surface area contributed by atoms with E-state index < -0.39 is 17.1 Å². The second-order valence-corrected chi connectivity index (χ2v) is 6.31. The molecule has 0 saturated heterocycles. The molecule has 1 aliphatic rings. The van der Waals surface area contributed by atoms with Gasteiger partial charge in [-0.1, -0.05) is 24.3 Å². The molecule has 0 saturated carbocycles. The van der Waals surface area contributed by atoms with Gasteiger partial charge in [0.05, 0.1) is 18.5 Å². The van der Waals surface area contributed by atoms with E-state index in [-0.39, 0.29) is 5.56 Å². The first-order valence-corrected chi connectivity index (χ1v) is 8.59. The average Bonchev–Trinajstić information content (AvgIpc) is 3.00. The highest BCUT2D eigenvalue weighted by Gasteiger charge is 2.20. The zero-order valence-corrected chi connectivity index (χ0v) is 15.3. The van der Waals surface area contributed by atoms with Crippen LogP contribution in [0.4, 0.5) is 5.69 Å². The number of hydrogen-bond acceptors (Lipinski definition) is 5. The Morgan fingerprint density at radius 2 is 1.93 bits per heavy atom. The zero-order chi connectivity index (χ0) is 19.8. The number of aromatic hydroxyl groups is 1. The number of aromatic nitrogens is 2. The van der Waals surface area contributed by atoms with E-state index in [1.807, 2.05) is 31.2 Å². The molecule has 0 radical (unpaired) electrons. The van der Waals surface area contributed by atoms with E-state index in [9.17, 15) is 14.7 Å². The van der Waals surface area contributed by atoms with E-state index >= 15 is 0 Å². The van der Waals surface area contributed by atoms with Gasteiger partial charge >= 0.3 is 5.69 Å². The maximum absolute atomic E-state index is 12.4. The lowest BCUT2D eigenvalue weighted by molar-refractivity contribution is 0.412. The van der Waals surface area contributed by atoms with Crippen LogP contribution in [0.1, 0.15) is 18.1 Å². The summed E-state index contributed by atoms with van der Waals surface area (Å²) in [5.41, 5.74) is 2.02. The number of fused-ring (bicyclic) bond motifs is 1. The Morgan fingerprint density at radius 3 is 2.71 bits per heavy atom. The Kier molecular flexibility index (Phi) is 4.19. The molecule has 3 aromatic rings. The summed E-state index contributed by atoms with van der Waals surface area (Å²) in [5, 5.41) is 10.8. The summed E-state index contributed by atoms with van der Waals surface area (Å²) in [6.07, 6.45) is 1.55. The van der Waals surface area contributed by atoms with E-state index in [2.05, 4.69) is 9.98 Å². The molecule has 28 heavy (non-hydrogen) atoms. The Balaban J connectivity index is 1.94. The predicted molar refractivity (Wildman–Crippen MR) is 108 cm³/mol. The third-order valence-corrected chi connectivity index (χ3v) is 4.59. The van der Waals surface area contributed by atoms with Crippen LogP contribution in [-0.2, 0) is 0 Å². The molecular weight excluding hydrogens is 358 g/mol. The fraction of sp³-hybridized carbons (Fsp3) is 0.0952. The summed E-state index contributed by atoms with van der Waals surface area (Å²) in [5.74, 6) is 0.0642. The minimum atomic E-state index is -0.741. The molecule has 0 unspecified atom stereocenters. The number of aliphatic imine (C=N–C) groups is 1. The van der Waals surface area contributed by atoms with Crippen molar-refractivity contribution < 1.29 is 9.84 Å². The highest BCUT2D eigenvalue weighted by molar-refractivity contribution is 6.31. The number of nitrogens with one attached hydrogen (secondary N) is 1. The third-order valence-electron chi connectivity index (χ3n) is 4.59. The van der Waals surface area contributed by atoms with Crippen molar-refractivity contribution in [2.24, 2.45) is 4.99 Å². The van der Waals surface area contributed by atoms with Gasteiger partial charge < -0.3 is 9.84 Å². The first-order chi connectivity index (χ1) is 13.5. The van der Waals surface area contributed by atoms with E-state index in [1.165, 1.54) is 7.11 Å². The number of hydrogen-bond donors (Lipinski definition) is 2. The summed E-state index contributed by atoms with van der Waals surface area (Å²) in [6.45, 7) is 1.83. The van der Waals surface area contributed by atoms with Gasteiger partial charge in [0.15, 0.2) is 0 Å². The van der Waals surface area contributed by atoms with Crippen LogP contribution in [0.15, 0.2) is 63.1 Å². The molecule has 0 amide bonds. The van der Waals surface area contributed by atoms with Gasteiger partial charge in [-0.05, 0) is 31.2 Å². The van der Waals surface area contributed by atoms with Crippen molar-refractivity contribution in [3.8, 4) is 17.3 Å². The first kappa shape index (κ1) is 17.5. The number of para-hydroxylation sites is 1. The number of methoxy groups -OCH3 is 1. The molecule has 2 aromatic carbocycles. The molecule has 0 fully saturated rings. The lowest BCUT2D eigenvalue weighted by atomic mass is 10.0. The predicted octanol–water partition coefficient (Wildman–Crippen LogP) is 2.89. The molecule has 2 heterocycles. The third kappa shape index (κ3) is 2.83. The molecule has 7 heteroatoms. The smallest absolute Gasteiger partial charge is 0.335 e. The quantitative estimate of drug-likeness (QED) is 0.736. The Bertz CT molecular complexity index is 1270. The molecule has 1 aliphatic heterocycles. The molecule has 7 nitrogen and oxygen atoms in total. The molecule has 140 valence electrons. The lowest BCUT2D eigenvalue weighted by Crippen LogP contribution is -2.30. The standard InChI is InChI=1S/C21H17N3O4/c1-12-16(15-8-3-4-9-18(15)22-12)11-17-19(25)23-21(27)24(20(17)26)13-6-5-7-14(10-13)28-2/h3-11,26H,1-2H3,(H,23,25,27)/b16-11-. The van der Waals surface area contributed by atoms with Crippen molar-refractivity contribution in [1.29, 1.82) is 0 Å². The van der Waals surface area contributed by atoms with Crippen LogP contribution in [0.2, 0.25) is 0 Å². The number of nitrogens with zero attached hydrogens (tertiary/aromatic N) is 2. The first-order valence-electron chi connectivity index (χ1n) is 8.59. The molecule has 0 bridgehead atoms. The summed E-state index contributed by atoms with van der Waals surface area (Å²) in [6, 6.07) is 14.2. The van der Waals surface area contributed by atoms with Crippen LogP contribution in [-0.4, -0.2) is 27.5 Å². The van der Waals surface area contributed by atoms with Gasteiger partial charge in [-0.15, -0.1) is 0 Å². The molecule has 0 atom stereocenters. The Morgan fingerprint density at radius 1 is 1.14 bits per heavy atom. The number of allylic oxidation sites excluding steroid dienone is 1.